The van der Waals surface area contributed by atoms with Gasteiger partial charge >= 0.3 is 0 Å². The zero-order chi connectivity index (χ0) is 22.7. The highest BCUT2D eigenvalue weighted by Crippen LogP contribution is 2.30. The lowest BCUT2D eigenvalue weighted by Gasteiger charge is -2.06. The van der Waals surface area contributed by atoms with E-state index >= 15 is 0 Å². The van der Waals surface area contributed by atoms with Gasteiger partial charge in [-0.25, -0.2) is 0 Å². The van der Waals surface area contributed by atoms with Crippen LogP contribution in [0.5, 0.6) is 17.2 Å². The Bertz CT molecular complexity index is 1020. The van der Waals surface area contributed by atoms with Gasteiger partial charge in [-0.3, -0.25) is 0 Å². The first-order valence-corrected chi connectivity index (χ1v) is 9.58. The first-order chi connectivity index (χ1) is 14.5. The molecule has 0 bridgehead atoms. The maximum Gasteiger partial charge on any atom is 0.123 e. The van der Waals surface area contributed by atoms with Crippen LogP contribution in [0.2, 0.25) is 0 Å². The average molecular weight is 395 g/mol. The first-order valence-electron chi connectivity index (χ1n) is 10.6. The largest absolute Gasteiger partial charge is 0.508 e. The summed E-state index contributed by atoms with van der Waals surface area (Å²) in [5.74, 6) is 1.27. The molecule has 0 aliphatic carbocycles. The van der Waals surface area contributed by atoms with Crippen LogP contribution in [-0.4, -0.2) is 15.3 Å². The SMILES string of the molecule is CC.CC(C)c1ccc2cc(O)ccc2c1.Oc1cccc2c(O)cccc12.[3H]C. The lowest BCUT2D eigenvalue weighted by atomic mass is 9.99. The van der Waals surface area contributed by atoms with Crippen LogP contribution in [0, 0.1) is 0 Å². The van der Waals surface area contributed by atoms with Gasteiger partial charge in [-0.05, 0) is 46.5 Å². The zero-order valence-electron chi connectivity index (χ0n) is 18.8. The van der Waals surface area contributed by atoms with E-state index in [-0.39, 0.29) is 11.5 Å². The molecule has 0 radical (unpaired) electrons. The summed E-state index contributed by atoms with van der Waals surface area (Å²) in [6.45, 7) is 8.36. The maximum absolute atomic E-state index is 9.38. The van der Waals surface area contributed by atoms with Gasteiger partial charge in [0.05, 0.1) is 0 Å². The minimum Gasteiger partial charge on any atom is -0.508 e. The van der Waals surface area contributed by atoms with Crippen molar-refractivity contribution in [3.63, 3.8) is 0 Å². The summed E-state index contributed by atoms with van der Waals surface area (Å²) in [5, 5.41) is 31.7. The number of fused-ring (bicyclic) bond motifs is 2. The van der Waals surface area contributed by atoms with Crippen molar-refractivity contribution in [2.24, 2.45) is 0 Å². The highest BCUT2D eigenvalue weighted by Gasteiger charge is 2.01. The van der Waals surface area contributed by atoms with E-state index in [1.165, 1.54) is 18.4 Å². The number of hydrogen-bond donors (Lipinski definition) is 3. The molecule has 0 spiro atoms. The maximum atomic E-state index is 9.38. The fourth-order valence-corrected chi connectivity index (χ4v) is 2.89. The van der Waals surface area contributed by atoms with Gasteiger partial charge < -0.3 is 15.3 Å². The molecule has 3 nitrogen and oxygen atoms in total. The van der Waals surface area contributed by atoms with Crippen molar-refractivity contribution in [3.05, 3.63) is 78.4 Å². The van der Waals surface area contributed by atoms with E-state index in [2.05, 4.69) is 32.0 Å². The predicted molar refractivity (Wildman–Crippen MR) is 125 cm³/mol. The Labute approximate surface area is 175 Å². The molecule has 3 heteroatoms. The molecule has 0 saturated heterocycles. The Morgan fingerprint density at radius 1 is 0.690 bits per heavy atom. The van der Waals surface area contributed by atoms with Crippen molar-refractivity contribution in [1.82, 2.24) is 0 Å². The number of phenolic OH excluding ortho intramolecular Hbond substituents is 3. The van der Waals surface area contributed by atoms with E-state index in [0.29, 0.717) is 22.4 Å². The molecule has 0 atom stereocenters. The first kappa shape index (κ1) is 22.1. The van der Waals surface area contributed by atoms with Crippen molar-refractivity contribution in [2.75, 3.05) is 0 Å². The molecule has 29 heavy (non-hydrogen) atoms. The molecule has 0 unspecified atom stereocenters. The summed E-state index contributed by atoms with van der Waals surface area (Å²) in [6.07, 6.45) is 0. The summed E-state index contributed by atoms with van der Waals surface area (Å²) in [6, 6.07) is 22.0. The van der Waals surface area contributed by atoms with Gasteiger partial charge in [-0.15, -0.1) is 0 Å². The molecule has 4 aromatic rings. The zero-order valence-corrected chi connectivity index (χ0v) is 17.8. The summed E-state index contributed by atoms with van der Waals surface area (Å²) in [4.78, 5) is 0. The molecule has 3 N–H and O–H groups in total. The third kappa shape index (κ3) is 5.89. The van der Waals surface area contributed by atoms with Gasteiger partial charge in [0, 0.05) is 12.1 Å². The number of aromatic hydroxyl groups is 3. The monoisotopic (exact) mass is 394 g/mol. The second kappa shape index (κ2) is 11.0. The van der Waals surface area contributed by atoms with Gasteiger partial charge in [0.1, 0.15) is 17.2 Å². The lowest BCUT2D eigenvalue weighted by molar-refractivity contribution is 0.475. The molecule has 0 saturated carbocycles. The van der Waals surface area contributed by atoms with Crippen molar-refractivity contribution in [1.29, 1.82) is 0 Å². The van der Waals surface area contributed by atoms with E-state index < -0.39 is 0 Å². The second-order valence-electron chi connectivity index (χ2n) is 6.59. The molecule has 0 aliphatic heterocycles. The minimum atomic E-state index is 0.198. The Hall–Kier alpha value is -3.20. The smallest absolute Gasteiger partial charge is 0.123 e. The van der Waals surface area contributed by atoms with Crippen molar-refractivity contribution >= 4 is 21.5 Å². The van der Waals surface area contributed by atoms with Gasteiger partial charge in [-0.2, -0.15) is 0 Å². The van der Waals surface area contributed by atoms with E-state index in [1.54, 1.807) is 48.5 Å². The van der Waals surface area contributed by atoms with Crippen LogP contribution in [0.15, 0.2) is 72.8 Å². The molecular formula is C26H32O3. The molecule has 0 fully saturated rings. The molecule has 4 rings (SSSR count). The number of hydrogen-bond acceptors (Lipinski definition) is 3. The molecule has 0 heterocycles. The average Bonchev–Trinajstić information content (AvgIpc) is 2.77. The van der Waals surface area contributed by atoms with Gasteiger partial charge in [0.15, 0.2) is 0 Å². The van der Waals surface area contributed by atoms with Crippen LogP contribution < -0.4 is 0 Å². The summed E-state index contributed by atoms with van der Waals surface area (Å²) in [7, 11) is 1.25. The van der Waals surface area contributed by atoms with Crippen LogP contribution >= 0.6 is 0 Å². The van der Waals surface area contributed by atoms with Gasteiger partial charge in [0.25, 0.3) is 0 Å². The predicted octanol–water partition coefficient (Wildman–Crippen LogP) is 7.58. The van der Waals surface area contributed by atoms with Gasteiger partial charge in [-0.1, -0.05) is 83.6 Å². The number of phenols is 3. The van der Waals surface area contributed by atoms with E-state index in [4.69, 9.17) is 1.37 Å². The third-order valence-electron chi connectivity index (χ3n) is 4.39. The molecule has 0 amide bonds. The Morgan fingerprint density at radius 2 is 1.17 bits per heavy atom. The molecule has 0 aliphatic rings. The minimum absolute atomic E-state index is 0.198. The lowest BCUT2D eigenvalue weighted by Crippen LogP contribution is -1.86. The molecular weight excluding hydrogens is 360 g/mol. The van der Waals surface area contributed by atoms with Crippen molar-refractivity contribution in [2.45, 2.75) is 41.0 Å². The normalized spacial score (nSPS) is 10.1. The second-order valence-corrected chi connectivity index (χ2v) is 6.59. The Morgan fingerprint density at radius 3 is 1.69 bits per heavy atom. The van der Waals surface area contributed by atoms with Gasteiger partial charge in [0.2, 0.25) is 0 Å². The summed E-state index contributed by atoms with van der Waals surface area (Å²) in [5.41, 5.74) is 1.34. The number of benzene rings is 4. The molecule has 154 valence electrons. The fourth-order valence-electron chi connectivity index (χ4n) is 2.89. The Balaban J connectivity index is 0.000000260. The quantitative estimate of drug-likeness (QED) is 0.312. The van der Waals surface area contributed by atoms with Crippen LogP contribution in [0.4, 0.5) is 0 Å². The molecule has 0 aromatic heterocycles. The summed E-state index contributed by atoms with van der Waals surface area (Å²) >= 11 is 0. The highest BCUT2D eigenvalue weighted by atomic mass is 16.3. The topological polar surface area (TPSA) is 60.7 Å². The van der Waals surface area contributed by atoms with Crippen LogP contribution in [0.3, 0.4) is 0 Å². The van der Waals surface area contributed by atoms with Crippen molar-refractivity contribution < 1.29 is 16.7 Å². The van der Waals surface area contributed by atoms with Crippen LogP contribution in [0.25, 0.3) is 21.5 Å². The molecule has 4 aromatic carbocycles. The highest BCUT2D eigenvalue weighted by molar-refractivity contribution is 5.92. The van der Waals surface area contributed by atoms with Crippen molar-refractivity contribution in [3.8, 4) is 17.2 Å². The van der Waals surface area contributed by atoms with E-state index in [0.717, 1.165) is 5.39 Å². The Kier molecular flexibility index (Phi) is 8.35. The summed E-state index contributed by atoms with van der Waals surface area (Å²) < 4.78 is 5.75. The van der Waals surface area contributed by atoms with E-state index in [9.17, 15) is 15.3 Å². The van der Waals surface area contributed by atoms with E-state index in [1.807, 2.05) is 19.9 Å². The fraction of sp³-hybridized carbons (Fsp3) is 0.231. The third-order valence-corrected chi connectivity index (χ3v) is 4.39. The van der Waals surface area contributed by atoms with Crippen LogP contribution in [0.1, 0.15) is 47.9 Å². The standard InChI is InChI=1S/C13H14O.C10H8O2.C2H6.CH4/c1-9(2)10-3-4-12-8-13(14)6-5-11(12)7-10;11-9-5-1-3-7-8(9)4-2-6-10(7)12;1-2;/h3-9,14H,1-2H3;1-6,11-12H;1-2H3;1H4/i;;;1T. The van der Waals surface area contributed by atoms with Crippen LogP contribution in [-0.2, 0) is 0 Å². The number of rotatable bonds is 1.